The molecule has 0 saturated carbocycles. The molecule has 1 amide bonds. The van der Waals surface area contributed by atoms with Crippen LogP contribution in [0.5, 0.6) is 0 Å². The summed E-state index contributed by atoms with van der Waals surface area (Å²) < 4.78 is 39.0. The van der Waals surface area contributed by atoms with E-state index in [-0.39, 0.29) is 11.7 Å². The molecule has 0 aliphatic heterocycles. The summed E-state index contributed by atoms with van der Waals surface area (Å²) in [5.74, 6) is -5.07. The van der Waals surface area contributed by atoms with Gasteiger partial charge in [-0.05, 0) is 31.3 Å². The molecular formula is C13H14F3N3OS. The van der Waals surface area contributed by atoms with Gasteiger partial charge in [0.05, 0.1) is 12.2 Å². The molecule has 0 atom stereocenters. The van der Waals surface area contributed by atoms with Crippen LogP contribution in [0, 0.1) is 17.5 Å². The average Bonchev–Trinajstić information content (AvgIpc) is 2.43. The maximum atomic E-state index is 13.3. The zero-order chi connectivity index (χ0) is 16.0. The number of thiocarbonyl (C=S) groups is 1. The van der Waals surface area contributed by atoms with Gasteiger partial charge in [-0.2, -0.15) is 0 Å². The van der Waals surface area contributed by atoms with Gasteiger partial charge >= 0.3 is 0 Å². The van der Waals surface area contributed by atoms with Crippen LogP contribution in [-0.2, 0) is 4.79 Å². The monoisotopic (exact) mass is 317 g/mol. The lowest BCUT2D eigenvalue weighted by molar-refractivity contribution is -0.115. The van der Waals surface area contributed by atoms with Crippen LogP contribution in [0.2, 0.25) is 0 Å². The van der Waals surface area contributed by atoms with Crippen molar-refractivity contribution in [1.82, 2.24) is 10.6 Å². The first kappa shape index (κ1) is 17.0. The van der Waals surface area contributed by atoms with Gasteiger partial charge in [-0.1, -0.05) is 12.2 Å². The Morgan fingerprint density at radius 1 is 1.19 bits per heavy atom. The van der Waals surface area contributed by atoms with Crippen molar-refractivity contribution in [2.24, 2.45) is 0 Å². The Hall–Kier alpha value is -2.09. The van der Waals surface area contributed by atoms with Crippen LogP contribution in [0.1, 0.15) is 6.92 Å². The lowest BCUT2D eigenvalue weighted by Crippen LogP contribution is -2.40. The summed E-state index contributed by atoms with van der Waals surface area (Å²) in [6.45, 7) is 5.67. The van der Waals surface area contributed by atoms with Gasteiger partial charge in [-0.3, -0.25) is 4.79 Å². The third kappa shape index (κ3) is 5.42. The average molecular weight is 317 g/mol. The number of hydrogen-bond donors (Lipinski definition) is 3. The number of hydrogen-bond acceptors (Lipinski definition) is 2. The molecule has 0 aliphatic rings. The molecule has 0 aliphatic carbocycles. The number of nitrogens with one attached hydrogen (secondary N) is 3. The maximum Gasteiger partial charge on any atom is 0.243 e. The number of carbonyl (C=O) groups excluding carboxylic acids is 1. The first-order chi connectivity index (χ1) is 9.81. The van der Waals surface area contributed by atoms with Gasteiger partial charge in [0.15, 0.2) is 22.6 Å². The highest BCUT2D eigenvalue weighted by Gasteiger charge is 2.15. The van der Waals surface area contributed by atoms with E-state index < -0.39 is 29.0 Å². The Balaban J connectivity index is 2.49. The molecular weight excluding hydrogens is 303 g/mol. The predicted octanol–water partition coefficient (Wildman–Crippen LogP) is 2.08. The first-order valence-electron chi connectivity index (χ1n) is 5.90. The fraction of sp³-hybridized carbons (Fsp3) is 0.231. The van der Waals surface area contributed by atoms with Gasteiger partial charge < -0.3 is 16.0 Å². The van der Waals surface area contributed by atoms with E-state index in [0.29, 0.717) is 6.54 Å². The number of amides is 1. The van der Waals surface area contributed by atoms with Crippen LogP contribution in [0.25, 0.3) is 0 Å². The summed E-state index contributed by atoms with van der Waals surface area (Å²) in [7, 11) is 0. The summed E-state index contributed by atoms with van der Waals surface area (Å²) in [6.07, 6.45) is 0. The molecule has 0 saturated heterocycles. The molecule has 0 heterocycles. The molecule has 0 radical (unpaired) electrons. The minimum Gasteiger partial charge on any atom is -0.359 e. The molecule has 4 nitrogen and oxygen atoms in total. The first-order valence-corrected chi connectivity index (χ1v) is 6.31. The lowest BCUT2D eigenvalue weighted by atomic mass is 10.2. The van der Waals surface area contributed by atoms with Crippen LogP contribution in [0.4, 0.5) is 18.9 Å². The van der Waals surface area contributed by atoms with E-state index in [1.54, 1.807) is 6.92 Å². The topological polar surface area (TPSA) is 53.2 Å². The molecule has 0 unspecified atom stereocenters. The molecule has 3 N–H and O–H groups in total. The Labute approximate surface area is 125 Å². The van der Waals surface area contributed by atoms with Crippen LogP contribution in [0.3, 0.4) is 0 Å². The summed E-state index contributed by atoms with van der Waals surface area (Å²) in [4.78, 5) is 11.5. The van der Waals surface area contributed by atoms with E-state index >= 15 is 0 Å². The van der Waals surface area contributed by atoms with E-state index in [1.807, 2.05) is 0 Å². The van der Waals surface area contributed by atoms with Gasteiger partial charge in [0.25, 0.3) is 0 Å². The van der Waals surface area contributed by atoms with Gasteiger partial charge in [0.2, 0.25) is 5.91 Å². The molecule has 0 fully saturated rings. The third-order valence-corrected chi connectivity index (χ3v) is 2.56. The minimum atomic E-state index is -1.64. The van der Waals surface area contributed by atoms with Crippen molar-refractivity contribution in [1.29, 1.82) is 0 Å². The smallest absolute Gasteiger partial charge is 0.243 e. The summed E-state index contributed by atoms with van der Waals surface area (Å²) in [5, 5.41) is 7.70. The number of halogens is 3. The lowest BCUT2D eigenvalue weighted by Gasteiger charge is -2.11. The van der Waals surface area contributed by atoms with Gasteiger partial charge in [0, 0.05) is 6.54 Å². The van der Waals surface area contributed by atoms with E-state index in [2.05, 4.69) is 22.5 Å². The van der Waals surface area contributed by atoms with Crippen molar-refractivity contribution < 1.29 is 18.0 Å². The van der Waals surface area contributed by atoms with Gasteiger partial charge in [-0.15, -0.1) is 0 Å². The van der Waals surface area contributed by atoms with Crippen LogP contribution >= 0.6 is 12.2 Å². The van der Waals surface area contributed by atoms with Crippen molar-refractivity contribution in [2.45, 2.75) is 6.92 Å². The SMILES string of the molecule is C=C(C)CNC(=S)NCC(=O)Nc1ccc(F)c(F)c1F. The largest absolute Gasteiger partial charge is 0.359 e. The van der Waals surface area contributed by atoms with Gasteiger partial charge in [-0.25, -0.2) is 13.2 Å². The van der Waals surface area contributed by atoms with Crippen molar-refractivity contribution in [3.63, 3.8) is 0 Å². The Morgan fingerprint density at radius 2 is 1.81 bits per heavy atom. The van der Waals surface area contributed by atoms with Gasteiger partial charge in [0.1, 0.15) is 0 Å². The Morgan fingerprint density at radius 3 is 2.43 bits per heavy atom. The number of benzene rings is 1. The highest BCUT2D eigenvalue weighted by atomic mass is 32.1. The van der Waals surface area contributed by atoms with Crippen LogP contribution in [-0.4, -0.2) is 24.1 Å². The van der Waals surface area contributed by atoms with Crippen LogP contribution in [0.15, 0.2) is 24.3 Å². The van der Waals surface area contributed by atoms with Crippen LogP contribution < -0.4 is 16.0 Å². The van der Waals surface area contributed by atoms with E-state index in [9.17, 15) is 18.0 Å². The standard InChI is InChI=1S/C13H14F3N3OS/c1-7(2)5-17-13(21)18-6-10(20)19-9-4-3-8(14)11(15)12(9)16/h3-4H,1,5-6H2,2H3,(H,19,20)(H2,17,18,21). The predicted molar refractivity (Wildman–Crippen MR) is 78.4 cm³/mol. The third-order valence-electron chi connectivity index (χ3n) is 2.27. The quantitative estimate of drug-likeness (QED) is 0.442. The summed E-state index contributed by atoms with van der Waals surface area (Å²) >= 11 is 4.89. The number of carbonyl (C=O) groups is 1. The molecule has 1 aromatic carbocycles. The summed E-state index contributed by atoms with van der Waals surface area (Å²) in [6, 6.07) is 1.66. The van der Waals surface area contributed by atoms with E-state index in [1.165, 1.54) is 0 Å². The highest BCUT2D eigenvalue weighted by molar-refractivity contribution is 7.80. The number of anilines is 1. The second-order valence-corrected chi connectivity index (χ2v) is 4.67. The van der Waals surface area contributed by atoms with Crippen molar-refractivity contribution in [3.8, 4) is 0 Å². The molecule has 0 spiro atoms. The Kier molecular flexibility index (Phi) is 6.16. The van der Waals surface area contributed by atoms with Crippen molar-refractivity contribution in [3.05, 3.63) is 41.7 Å². The second kappa shape index (κ2) is 7.63. The molecule has 0 aromatic heterocycles. The fourth-order valence-electron chi connectivity index (χ4n) is 1.27. The van der Waals surface area contributed by atoms with Crippen molar-refractivity contribution in [2.75, 3.05) is 18.4 Å². The zero-order valence-electron chi connectivity index (χ0n) is 11.2. The van der Waals surface area contributed by atoms with E-state index in [4.69, 9.17) is 12.2 Å². The number of rotatable bonds is 5. The molecule has 114 valence electrons. The molecule has 1 rings (SSSR count). The molecule has 8 heteroatoms. The fourth-order valence-corrected chi connectivity index (χ4v) is 1.42. The normalized spacial score (nSPS) is 9.90. The maximum absolute atomic E-state index is 13.3. The molecule has 0 bridgehead atoms. The van der Waals surface area contributed by atoms with E-state index in [0.717, 1.165) is 17.7 Å². The van der Waals surface area contributed by atoms with Crippen molar-refractivity contribution >= 4 is 28.9 Å². The molecule has 1 aromatic rings. The minimum absolute atomic E-state index is 0.221. The second-order valence-electron chi connectivity index (χ2n) is 4.26. The highest BCUT2D eigenvalue weighted by Crippen LogP contribution is 2.19. The summed E-state index contributed by atoms with van der Waals surface area (Å²) in [5.41, 5.74) is 0.411. The Bertz CT molecular complexity index is 578. The molecule has 21 heavy (non-hydrogen) atoms. The zero-order valence-corrected chi connectivity index (χ0v) is 12.0.